The van der Waals surface area contributed by atoms with Crippen molar-refractivity contribution in [2.45, 2.75) is 19.0 Å². The van der Waals surface area contributed by atoms with Gasteiger partial charge in [-0.25, -0.2) is 0 Å². The summed E-state index contributed by atoms with van der Waals surface area (Å²) >= 11 is 0. The first kappa shape index (κ1) is 8.06. The van der Waals surface area contributed by atoms with Crippen molar-refractivity contribution in [3.05, 3.63) is 21.6 Å². The van der Waals surface area contributed by atoms with Crippen LogP contribution in [0.25, 0.3) is 0 Å². The third-order valence-corrected chi connectivity index (χ3v) is 2.15. The Kier molecular flexibility index (Phi) is 1.70. The maximum Gasteiger partial charge on any atom is 0.305 e. The summed E-state index contributed by atoms with van der Waals surface area (Å²) < 4.78 is 0. The van der Waals surface area contributed by atoms with Gasteiger partial charge in [0.05, 0.1) is 23.7 Å². The van der Waals surface area contributed by atoms with Crippen LogP contribution < -0.4 is 10.9 Å². The SMILES string of the molecule is O=C(O)CC1NCc2[nH][nH]c(=O)c21. The Balaban J connectivity index is 2.31. The monoisotopic (exact) mass is 183 g/mol. The Morgan fingerprint density at radius 1 is 1.54 bits per heavy atom. The quantitative estimate of drug-likeness (QED) is 0.488. The van der Waals surface area contributed by atoms with Crippen molar-refractivity contribution in [1.29, 1.82) is 0 Å². The van der Waals surface area contributed by atoms with Crippen molar-refractivity contribution in [3.63, 3.8) is 0 Å². The van der Waals surface area contributed by atoms with E-state index in [2.05, 4.69) is 15.5 Å². The molecule has 6 heteroatoms. The molecule has 0 amide bonds. The summed E-state index contributed by atoms with van der Waals surface area (Å²) in [6.45, 7) is 0.520. The lowest BCUT2D eigenvalue weighted by molar-refractivity contribution is -0.137. The van der Waals surface area contributed by atoms with Crippen LogP contribution in [0.2, 0.25) is 0 Å². The normalized spacial score (nSPS) is 20.2. The first-order valence-electron chi connectivity index (χ1n) is 3.93. The molecule has 1 aliphatic heterocycles. The molecule has 0 fully saturated rings. The van der Waals surface area contributed by atoms with Gasteiger partial charge < -0.3 is 15.5 Å². The van der Waals surface area contributed by atoms with Gasteiger partial charge in [0.2, 0.25) is 0 Å². The number of hydrogen-bond donors (Lipinski definition) is 4. The molecular weight excluding hydrogens is 174 g/mol. The molecule has 4 N–H and O–H groups in total. The molecule has 0 aromatic carbocycles. The molecule has 1 aromatic heterocycles. The van der Waals surface area contributed by atoms with Crippen LogP contribution >= 0.6 is 0 Å². The minimum absolute atomic E-state index is 0.0616. The Morgan fingerprint density at radius 3 is 3.00 bits per heavy atom. The van der Waals surface area contributed by atoms with E-state index in [0.717, 1.165) is 5.69 Å². The number of nitrogens with one attached hydrogen (secondary N) is 3. The molecule has 0 bridgehead atoms. The van der Waals surface area contributed by atoms with Gasteiger partial charge in [0.1, 0.15) is 0 Å². The highest BCUT2D eigenvalue weighted by Crippen LogP contribution is 2.22. The third-order valence-electron chi connectivity index (χ3n) is 2.15. The zero-order valence-electron chi connectivity index (χ0n) is 6.76. The maximum atomic E-state index is 11.2. The van der Waals surface area contributed by atoms with Gasteiger partial charge in [0.25, 0.3) is 5.56 Å². The van der Waals surface area contributed by atoms with Crippen LogP contribution in [-0.4, -0.2) is 21.3 Å². The lowest BCUT2D eigenvalue weighted by Gasteiger charge is -2.05. The Hall–Kier alpha value is -1.56. The third kappa shape index (κ3) is 1.25. The van der Waals surface area contributed by atoms with Crippen molar-refractivity contribution in [2.75, 3.05) is 0 Å². The standard InChI is InChI=1S/C7H9N3O3/c11-5(12)1-3-6-4(2-8-3)9-10-7(6)13/h3,8H,1-2H2,(H,11,12)(H2,9,10,13). The van der Waals surface area contributed by atoms with Gasteiger partial charge in [-0.1, -0.05) is 0 Å². The lowest BCUT2D eigenvalue weighted by Crippen LogP contribution is -2.21. The van der Waals surface area contributed by atoms with Crippen molar-refractivity contribution in [3.8, 4) is 0 Å². The number of rotatable bonds is 2. The fourth-order valence-corrected chi connectivity index (χ4v) is 1.59. The highest BCUT2D eigenvalue weighted by atomic mass is 16.4. The number of aromatic nitrogens is 2. The van der Waals surface area contributed by atoms with Crippen molar-refractivity contribution in [1.82, 2.24) is 15.5 Å². The summed E-state index contributed by atoms with van der Waals surface area (Å²) in [6, 6.07) is -0.359. The molecule has 0 radical (unpaired) electrons. The molecule has 2 heterocycles. The van der Waals surface area contributed by atoms with Gasteiger partial charge in [0.15, 0.2) is 0 Å². The van der Waals surface area contributed by atoms with E-state index in [1.807, 2.05) is 0 Å². The summed E-state index contributed by atoms with van der Waals surface area (Å²) in [7, 11) is 0. The van der Waals surface area contributed by atoms with E-state index in [0.29, 0.717) is 12.1 Å². The van der Waals surface area contributed by atoms with Gasteiger partial charge in [0, 0.05) is 6.54 Å². The van der Waals surface area contributed by atoms with E-state index in [9.17, 15) is 9.59 Å². The Bertz CT molecular complexity index is 392. The van der Waals surface area contributed by atoms with Gasteiger partial charge in [-0.15, -0.1) is 0 Å². The molecule has 0 spiro atoms. The zero-order valence-corrected chi connectivity index (χ0v) is 6.76. The molecular formula is C7H9N3O3. The highest BCUT2D eigenvalue weighted by molar-refractivity contribution is 5.68. The number of hydrogen-bond acceptors (Lipinski definition) is 3. The van der Waals surface area contributed by atoms with Gasteiger partial charge >= 0.3 is 5.97 Å². The number of carbonyl (C=O) groups is 1. The lowest BCUT2D eigenvalue weighted by atomic mass is 10.1. The predicted octanol–water partition coefficient (Wildman–Crippen LogP) is -0.678. The smallest absolute Gasteiger partial charge is 0.305 e. The van der Waals surface area contributed by atoms with Crippen molar-refractivity contribution in [2.24, 2.45) is 0 Å². The van der Waals surface area contributed by atoms with E-state index in [-0.39, 0.29) is 18.0 Å². The van der Waals surface area contributed by atoms with Crippen molar-refractivity contribution < 1.29 is 9.90 Å². The fourth-order valence-electron chi connectivity index (χ4n) is 1.59. The molecule has 13 heavy (non-hydrogen) atoms. The second-order valence-corrected chi connectivity index (χ2v) is 3.00. The summed E-state index contributed by atoms with van der Waals surface area (Å²) in [6.07, 6.45) is -0.0616. The summed E-state index contributed by atoms with van der Waals surface area (Å²) in [4.78, 5) is 21.6. The minimum atomic E-state index is -0.911. The maximum absolute atomic E-state index is 11.2. The molecule has 70 valence electrons. The van der Waals surface area contributed by atoms with E-state index in [4.69, 9.17) is 5.11 Å². The summed E-state index contributed by atoms with van der Waals surface area (Å²) in [5, 5.41) is 16.6. The second kappa shape index (κ2) is 2.74. The average molecular weight is 183 g/mol. The topological polar surface area (TPSA) is 98.0 Å². The molecule has 1 unspecified atom stereocenters. The predicted molar refractivity (Wildman–Crippen MR) is 43.2 cm³/mol. The highest BCUT2D eigenvalue weighted by Gasteiger charge is 2.28. The number of fused-ring (bicyclic) bond motifs is 1. The first-order valence-corrected chi connectivity index (χ1v) is 3.93. The Morgan fingerprint density at radius 2 is 2.31 bits per heavy atom. The van der Waals surface area contributed by atoms with Gasteiger partial charge in [-0.05, 0) is 0 Å². The van der Waals surface area contributed by atoms with E-state index in [1.165, 1.54) is 0 Å². The van der Waals surface area contributed by atoms with E-state index < -0.39 is 5.97 Å². The number of carboxylic acid groups (broad SMARTS) is 1. The largest absolute Gasteiger partial charge is 0.481 e. The molecule has 0 saturated carbocycles. The van der Waals surface area contributed by atoms with Gasteiger partial charge in [-0.2, -0.15) is 0 Å². The van der Waals surface area contributed by atoms with Gasteiger partial charge in [-0.3, -0.25) is 14.7 Å². The van der Waals surface area contributed by atoms with E-state index in [1.54, 1.807) is 0 Å². The summed E-state index contributed by atoms with van der Waals surface area (Å²) in [5.41, 5.74) is 1.06. The molecule has 0 saturated heterocycles. The van der Waals surface area contributed by atoms with Crippen LogP contribution in [-0.2, 0) is 11.3 Å². The number of H-pyrrole nitrogens is 2. The molecule has 1 atom stereocenters. The van der Waals surface area contributed by atoms with Crippen LogP contribution in [0.4, 0.5) is 0 Å². The molecule has 1 aliphatic rings. The molecule has 6 nitrogen and oxygen atoms in total. The van der Waals surface area contributed by atoms with Crippen molar-refractivity contribution >= 4 is 5.97 Å². The molecule has 0 aliphatic carbocycles. The Labute approximate surface area is 72.9 Å². The molecule has 1 aromatic rings. The second-order valence-electron chi connectivity index (χ2n) is 3.00. The minimum Gasteiger partial charge on any atom is -0.481 e. The van der Waals surface area contributed by atoms with Crippen LogP contribution in [0.1, 0.15) is 23.7 Å². The average Bonchev–Trinajstić information content (AvgIpc) is 2.56. The molecule has 2 rings (SSSR count). The first-order chi connectivity index (χ1) is 6.18. The fraction of sp³-hybridized carbons (Fsp3) is 0.429. The number of aliphatic carboxylic acids is 1. The van der Waals surface area contributed by atoms with Crippen LogP contribution in [0.15, 0.2) is 4.79 Å². The zero-order chi connectivity index (χ0) is 9.42. The number of aromatic amines is 2. The number of carboxylic acids is 1. The van der Waals surface area contributed by atoms with Crippen LogP contribution in [0, 0.1) is 0 Å². The van der Waals surface area contributed by atoms with Crippen LogP contribution in [0.3, 0.4) is 0 Å². The van der Waals surface area contributed by atoms with Crippen LogP contribution in [0.5, 0.6) is 0 Å². The van der Waals surface area contributed by atoms with E-state index >= 15 is 0 Å². The summed E-state index contributed by atoms with van der Waals surface area (Å²) in [5.74, 6) is -0.911.